The van der Waals surface area contributed by atoms with E-state index in [1.807, 2.05) is 39.0 Å². The van der Waals surface area contributed by atoms with Crippen LogP contribution in [0.2, 0.25) is 0 Å². The van der Waals surface area contributed by atoms with Crippen molar-refractivity contribution in [2.45, 2.75) is 71.8 Å². The van der Waals surface area contributed by atoms with Crippen LogP contribution >= 0.6 is 0 Å². The Morgan fingerprint density at radius 3 is 2.63 bits per heavy atom. The van der Waals surface area contributed by atoms with Crippen molar-refractivity contribution in [2.75, 3.05) is 7.11 Å². The Hall–Kier alpha value is -3.48. The largest absolute Gasteiger partial charge is 0.496 e. The van der Waals surface area contributed by atoms with Gasteiger partial charge in [0.2, 0.25) is 5.88 Å². The van der Waals surface area contributed by atoms with E-state index in [-0.39, 0.29) is 11.9 Å². The molecule has 0 atom stereocenters. The monoisotopic (exact) mass is 473 g/mol. The number of hydrogen-bond donors (Lipinski definition) is 0. The van der Waals surface area contributed by atoms with Crippen LogP contribution in [0.15, 0.2) is 28.8 Å². The molecule has 2 aromatic heterocycles. The Kier molecular flexibility index (Phi) is 6.41. The van der Waals surface area contributed by atoms with Gasteiger partial charge in [-0.05, 0) is 51.2 Å². The number of aryl methyl sites for hydroxylation is 2. The lowest BCUT2D eigenvalue weighted by atomic mass is 10.00. The molecule has 0 amide bonds. The highest BCUT2D eigenvalue weighted by Gasteiger charge is 2.30. The van der Waals surface area contributed by atoms with Gasteiger partial charge in [-0.15, -0.1) is 0 Å². The van der Waals surface area contributed by atoms with Gasteiger partial charge in [0, 0.05) is 36.0 Å². The molecule has 0 aliphatic heterocycles. The first kappa shape index (κ1) is 23.3. The Morgan fingerprint density at radius 1 is 1.14 bits per heavy atom. The Bertz CT molecular complexity index is 1280. The maximum atomic E-state index is 12.2. The minimum Gasteiger partial charge on any atom is -0.496 e. The number of nitrogens with zero attached hydrogens (tertiary/aromatic N) is 3. The summed E-state index contributed by atoms with van der Waals surface area (Å²) >= 11 is 0. The minimum atomic E-state index is 0.0915. The topological polar surface area (TPSA) is 87.3 Å². The second kappa shape index (κ2) is 9.64. The van der Waals surface area contributed by atoms with Gasteiger partial charge >= 0.3 is 0 Å². The molecule has 2 heterocycles. The zero-order valence-corrected chi connectivity index (χ0v) is 20.8. The summed E-state index contributed by atoms with van der Waals surface area (Å²) in [6.07, 6.45) is 8.42. The van der Waals surface area contributed by atoms with Gasteiger partial charge in [0.25, 0.3) is 0 Å². The number of carbonyl (C=O) groups excluding carboxylic acids is 1. The summed E-state index contributed by atoms with van der Waals surface area (Å²) < 4.78 is 17.6. The summed E-state index contributed by atoms with van der Waals surface area (Å²) in [6.45, 7) is 5.74. The molecule has 1 saturated carbocycles. The molecule has 2 aliphatic carbocycles. The van der Waals surface area contributed by atoms with Crippen molar-refractivity contribution >= 4 is 11.4 Å². The van der Waals surface area contributed by atoms with E-state index in [9.17, 15) is 4.79 Å². The van der Waals surface area contributed by atoms with Gasteiger partial charge < -0.3 is 14.0 Å². The third kappa shape index (κ3) is 4.47. The molecule has 7 nitrogen and oxygen atoms in total. The van der Waals surface area contributed by atoms with E-state index in [1.54, 1.807) is 7.11 Å². The lowest BCUT2D eigenvalue weighted by Crippen LogP contribution is -2.15. The normalized spacial score (nSPS) is 15.3. The third-order valence-corrected chi connectivity index (χ3v) is 6.93. The molecule has 0 N–H and O–H groups in total. The number of aromatic nitrogens is 3. The van der Waals surface area contributed by atoms with Crippen LogP contribution in [0.1, 0.15) is 89.0 Å². The van der Waals surface area contributed by atoms with Crippen LogP contribution in [0.4, 0.5) is 0 Å². The number of ketones is 1. The maximum Gasteiger partial charge on any atom is 0.225 e. The average molecular weight is 474 g/mol. The number of benzene rings is 1. The summed E-state index contributed by atoms with van der Waals surface area (Å²) in [6, 6.07) is 5.59. The second-order valence-electron chi connectivity index (χ2n) is 9.29. The smallest absolute Gasteiger partial charge is 0.225 e. The van der Waals surface area contributed by atoms with Crippen LogP contribution in [0.25, 0.3) is 5.57 Å². The molecule has 182 valence electrons. The molecule has 7 heteroatoms. The van der Waals surface area contributed by atoms with Gasteiger partial charge in [-0.25, -0.2) is 4.98 Å². The highest BCUT2D eigenvalue weighted by molar-refractivity contribution is 5.96. The molecular weight excluding hydrogens is 442 g/mol. The summed E-state index contributed by atoms with van der Waals surface area (Å²) in [7, 11) is 1.62. The molecule has 0 saturated heterocycles. The van der Waals surface area contributed by atoms with Crippen molar-refractivity contribution in [3.63, 3.8) is 0 Å². The zero-order chi connectivity index (χ0) is 24.5. The third-order valence-electron chi connectivity index (χ3n) is 6.93. The first-order chi connectivity index (χ1) is 17.0. The fourth-order valence-electron chi connectivity index (χ4n) is 5.11. The molecule has 2 aliphatic rings. The molecule has 0 spiro atoms. The number of hydrogen-bond acceptors (Lipinski definition) is 7. The van der Waals surface area contributed by atoms with Crippen molar-refractivity contribution in [1.29, 1.82) is 0 Å². The van der Waals surface area contributed by atoms with Crippen LogP contribution in [0, 0.1) is 13.8 Å². The predicted molar refractivity (Wildman–Crippen MR) is 132 cm³/mol. The molecular formula is C28H31N3O4. The lowest BCUT2D eigenvalue weighted by molar-refractivity contribution is 0.0988. The lowest BCUT2D eigenvalue weighted by Gasteiger charge is -2.18. The number of rotatable bonds is 8. The summed E-state index contributed by atoms with van der Waals surface area (Å²) in [5.41, 5.74) is 6.37. The van der Waals surface area contributed by atoms with Crippen molar-refractivity contribution in [2.24, 2.45) is 0 Å². The van der Waals surface area contributed by atoms with E-state index in [4.69, 9.17) is 24.0 Å². The number of ether oxygens (including phenoxy) is 2. The van der Waals surface area contributed by atoms with Crippen molar-refractivity contribution < 1.29 is 18.8 Å². The predicted octanol–water partition coefficient (Wildman–Crippen LogP) is 5.58. The van der Waals surface area contributed by atoms with Crippen molar-refractivity contribution in [3.8, 4) is 11.6 Å². The first-order valence-electron chi connectivity index (χ1n) is 12.4. The van der Waals surface area contributed by atoms with E-state index in [2.05, 4.69) is 11.2 Å². The second-order valence-corrected chi connectivity index (χ2v) is 9.29. The fourth-order valence-corrected chi connectivity index (χ4v) is 5.11. The highest BCUT2D eigenvalue weighted by Crippen LogP contribution is 2.41. The van der Waals surface area contributed by atoms with Crippen LogP contribution in [-0.4, -0.2) is 34.1 Å². The van der Waals surface area contributed by atoms with E-state index >= 15 is 0 Å². The van der Waals surface area contributed by atoms with Gasteiger partial charge in [-0.3, -0.25) is 4.79 Å². The molecule has 1 aromatic carbocycles. The van der Waals surface area contributed by atoms with Gasteiger partial charge in [0.05, 0.1) is 24.1 Å². The Balaban J connectivity index is 1.53. The number of fused-ring (bicyclic) bond motifs is 1. The summed E-state index contributed by atoms with van der Waals surface area (Å²) in [5, 5.41) is 4.15. The molecule has 0 unspecified atom stereocenters. The number of Topliss-reactive ketones (excluding diaryl/α,β-unsaturated/α-hetero) is 1. The van der Waals surface area contributed by atoms with Gasteiger partial charge in [-0.1, -0.05) is 30.3 Å². The molecule has 3 aromatic rings. The van der Waals surface area contributed by atoms with E-state index in [0.717, 1.165) is 52.3 Å². The van der Waals surface area contributed by atoms with E-state index in [1.165, 1.54) is 12.8 Å². The zero-order valence-electron chi connectivity index (χ0n) is 20.8. The quantitative estimate of drug-likeness (QED) is 0.395. The number of methoxy groups -OCH3 is 1. The SMILES string of the molecule is CCC(=O)c1ccc(Cc2nc3c(c(OC4CCCC4)n2)C(c2c(C)noc2C)=CC3)c(OC)c1. The summed E-state index contributed by atoms with van der Waals surface area (Å²) in [5.74, 6) is 2.86. The number of allylic oxidation sites excluding steroid dienone is 1. The molecule has 35 heavy (non-hydrogen) atoms. The Labute approximate surface area is 205 Å². The van der Waals surface area contributed by atoms with Gasteiger partial charge in [-0.2, -0.15) is 4.98 Å². The first-order valence-corrected chi connectivity index (χ1v) is 12.4. The molecule has 0 bridgehead atoms. The van der Waals surface area contributed by atoms with Crippen LogP contribution < -0.4 is 9.47 Å². The van der Waals surface area contributed by atoms with Crippen molar-refractivity contribution in [1.82, 2.24) is 15.1 Å². The minimum absolute atomic E-state index is 0.0915. The average Bonchev–Trinajstić information content (AvgIpc) is 3.59. The highest BCUT2D eigenvalue weighted by atomic mass is 16.5. The summed E-state index contributed by atoms with van der Waals surface area (Å²) in [4.78, 5) is 22.0. The fraction of sp³-hybridized carbons (Fsp3) is 0.429. The van der Waals surface area contributed by atoms with Gasteiger partial charge in [0.15, 0.2) is 5.78 Å². The number of carbonyl (C=O) groups is 1. The molecule has 5 rings (SSSR count). The van der Waals surface area contributed by atoms with E-state index < -0.39 is 0 Å². The molecule has 0 radical (unpaired) electrons. The van der Waals surface area contributed by atoms with Gasteiger partial charge in [0.1, 0.15) is 23.4 Å². The van der Waals surface area contributed by atoms with Crippen LogP contribution in [0.5, 0.6) is 11.6 Å². The standard InChI is InChI=1S/C28H31N3O4/c1-5-23(32)18-10-11-19(24(14-18)33-4)15-25-29-22-13-12-21(26-16(2)31-35-17(26)3)27(22)28(30-25)34-20-8-6-7-9-20/h10-12,14,20H,5-9,13,15H2,1-4H3. The van der Waals surface area contributed by atoms with Crippen molar-refractivity contribution in [3.05, 3.63) is 69.5 Å². The molecule has 1 fully saturated rings. The Morgan fingerprint density at radius 2 is 1.94 bits per heavy atom. The van der Waals surface area contributed by atoms with Crippen LogP contribution in [0.3, 0.4) is 0 Å². The maximum absolute atomic E-state index is 12.2. The van der Waals surface area contributed by atoms with E-state index in [0.29, 0.717) is 42.3 Å². The van der Waals surface area contributed by atoms with Crippen LogP contribution in [-0.2, 0) is 12.8 Å².